The number of aromatic hydroxyl groups is 1. The summed E-state index contributed by atoms with van der Waals surface area (Å²) in [4.78, 5) is 4.64. The van der Waals surface area contributed by atoms with Gasteiger partial charge in [0.1, 0.15) is 13.8 Å². The third-order valence-corrected chi connectivity index (χ3v) is 13.8. The maximum atomic E-state index is 10.4. The molecule has 0 aliphatic carbocycles. The SMILES string of the molecule is CC(C)[Si](C#Cc1nn(C2CCCCO2)c2cnc(-c3cnn(C)c3O)cc12)(C(C)C)C(C)C. The number of hydrogen-bond donors (Lipinski definition) is 1. The van der Waals surface area contributed by atoms with Gasteiger partial charge in [-0.15, -0.1) is 5.54 Å². The molecule has 1 N–H and O–H groups in total. The third-order valence-electron chi connectivity index (χ3n) is 7.47. The molecule has 3 aromatic rings. The fraction of sp³-hybridized carbons (Fsp3) is 0.577. The fourth-order valence-electron chi connectivity index (χ4n) is 5.62. The molecule has 4 rings (SSSR count). The van der Waals surface area contributed by atoms with Crippen molar-refractivity contribution in [2.75, 3.05) is 6.61 Å². The molecule has 0 amide bonds. The lowest BCUT2D eigenvalue weighted by Gasteiger charge is -2.38. The summed E-state index contributed by atoms with van der Waals surface area (Å²) in [6, 6.07) is 1.98. The Balaban J connectivity index is 1.90. The van der Waals surface area contributed by atoms with Crippen molar-refractivity contribution in [1.82, 2.24) is 24.5 Å². The van der Waals surface area contributed by atoms with E-state index in [0.717, 1.165) is 42.5 Å². The van der Waals surface area contributed by atoms with Gasteiger partial charge in [-0.25, -0.2) is 9.36 Å². The van der Waals surface area contributed by atoms with Crippen LogP contribution < -0.4 is 0 Å². The van der Waals surface area contributed by atoms with Gasteiger partial charge in [0.25, 0.3) is 0 Å². The van der Waals surface area contributed by atoms with Gasteiger partial charge in [0, 0.05) is 19.0 Å². The van der Waals surface area contributed by atoms with Crippen LogP contribution in [0.2, 0.25) is 16.6 Å². The summed E-state index contributed by atoms with van der Waals surface area (Å²) in [5.74, 6) is 3.63. The van der Waals surface area contributed by atoms with Crippen LogP contribution in [0.15, 0.2) is 18.5 Å². The number of hydrogen-bond acceptors (Lipinski definition) is 5. The second-order valence-corrected chi connectivity index (χ2v) is 15.9. The number of pyridine rings is 1. The number of nitrogens with zero attached hydrogens (tertiary/aromatic N) is 5. The van der Waals surface area contributed by atoms with Crippen LogP contribution >= 0.6 is 0 Å². The van der Waals surface area contributed by atoms with Gasteiger partial charge in [-0.05, 0) is 42.0 Å². The molecule has 1 aliphatic rings. The van der Waals surface area contributed by atoms with Gasteiger partial charge >= 0.3 is 0 Å². The molecule has 182 valence electrons. The molecule has 8 heteroatoms. The van der Waals surface area contributed by atoms with E-state index < -0.39 is 8.07 Å². The maximum absolute atomic E-state index is 10.4. The molecule has 0 spiro atoms. The molecule has 7 nitrogen and oxygen atoms in total. The Labute approximate surface area is 203 Å². The maximum Gasteiger partial charge on any atom is 0.218 e. The summed E-state index contributed by atoms with van der Waals surface area (Å²) >= 11 is 0. The van der Waals surface area contributed by atoms with Crippen molar-refractivity contribution >= 4 is 19.0 Å². The van der Waals surface area contributed by atoms with Crippen molar-refractivity contribution in [2.45, 2.75) is 83.7 Å². The molecule has 1 atom stereocenters. The van der Waals surface area contributed by atoms with E-state index in [1.807, 2.05) is 16.9 Å². The van der Waals surface area contributed by atoms with Crippen LogP contribution in [0, 0.1) is 11.5 Å². The highest BCUT2D eigenvalue weighted by molar-refractivity contribution is 6.90. The van der Waals surface area contributed by atoms with Gasteiger partial charge in [0.15, 0.2) is 6.23 Å². The molecule has 3 aromatic heterocycles. The van der Waals surface area contributed by atoms with E-state index in [2.05, 4.69) is 63.1 Å². The van der Waals surface area contributed by atoms with E-state index in [0.29, 0.717) is 27.9 Å². The van der Waals surface area contributed by atoms with E-state index in [1.54, 1.807) is 13.2 Å². The van der Waals surface area contributed by atoms with Crippen LogP contribution in [0.3, 0.4) is 0 Å². The first-order valence-electron chi connectivity index (χ1n) is 12.4. The normalized spacial score (nSPS) is 17.1. The predicted octanol–water partition coefficient (Wildman–Crippen LogP) is 5.81. The molecule has 4 heterocycles. The average Bonchev–Trinajstić information content (AvgIpc) is 3.33. The molecule has 0 saturated carbocycles. The summed E-state index contributed by atoms with van der Waals surface area (Å²) in [6.45, 7) is 14.7. The molecular weight excluding hydrogens is 442 g/mol. The lowest BCUT2D eigenvalue weighted by Crippen LogP contribution is -2.43. The van der Waals surface area contributed by atoms with Gasteiger partial charge in [-0.1, -0.05) is 47.5 Å². The highest BCUT2D eigenvalue weighted by atomic mass is 28.3. The Morgan fingerprint density at radius 2 is 1.79 bits per heavy atom. The molecule has 1 aliphatic heterocycles. The first-order chi connectivity index (χ1) is 16.2. The smallest absolute Gasteiger partial charge is 0.218 e. The third kappa shape index (κ3) is 4.16. The minimum atomic E-state index is -1.92. The molecule has 1 saturated heterocycles. The zero-order valence-corrected chi connectivity index (χ0v) is 22.5. The quantitative estimate of drug-likeness (QED) is 0.369. The molecule has 0 bridgehead atoms. The second kappa shape index (κ2) is 9.55. The van der Waals surface area contributed by atoms with Crippen LogP contribution in [0.4, 0.5) is 0 Å². The predicted molar refractivity (Wildman–Crippen MR) is 138 cm³/mol. The number of ether oxygens (including phenoxy) is 1. The van der Waals surface area contributed by atoms with E-state index in [1.165, 1.54) is 4.68 Å². The molecule has 34 heavy (non-hydrogen) atoms. The molecule has 1 fully saturated rings. The summed E-state index contributed by atoms with van der Waals surface area (Å²) in [6.07, 6.45) is 6.48. The highest BCUT2D eigenvalue weighted by Gasteiger charge is 2.41. The summed E-state index contributed by atoms with van der Waals surface area (Å²) in [7, 11) is -0.213. The molecule has 0 radical (unpaired) electrons. The minimum absolute atomic E-state index is 0.0911. The van der Waals surface area contributed by atoms with Crippen molar-refractivity contribution in [2.24, 2.45) is 7.05 Å². The van der Waals surface area contributed by atoms with Crippen molar-refractivity contribution in [3.05, 3.63) is 24.2 Å². The van der Waals surface area contributed by atoms with Crippen LogP contribution in [-0.2, 0) is 11.8 Å². The standard InChI is InChI=1S/C26H37N5O2Si/c1-17(2)34(18(3)4,19(5)6)13-11-22-20-14-23(21-15-28-30(7)26(21)32)27-16-24(20)31(29-22)25-10-8-9-12-33-25/h14-19,25,32H,8-10,12H2,1-7H3. The topological polar surface area (TPSA) is 78.0 Å². The summed E-state index contributed by atoms with van der Waals surface area (Å²) in [5, 5.41) is 20.5. The van der Waals surface area contributed by atoms with Crippen molar-refractivity contribution < 1.29 is 9.84 Å². The first-order valence-corrected chi connectivity index (χ1v) is 14.6. The molecule has 0 aromatic carbocycles. The lowest BCUT2D eigenvalue weighted by atomic mass is 10.1. The Morgan fingerprint density at radius 1 is 1.09 bits per heavy atom. The fourth-order valence-corrected chi connectivity index (χ4v) is 10.8. The Kier molecular flexibility index (Phi) is 6.88. The van der Waals surface area contributed by atoms with Crippen molar-refractivity contribution in [3.8, 4) is 28.6 Å². The van der Waals surface area contributed by atoms with Gasteiger partial charge in [-0.2, -0.15) is 10.2 Å². The number of aromatic nitrogens is 5. The number of fused-ring (bicyclic) bond motifs is 1. The van der Waals surface area contributed by atoms with E-state index in [9.17, 15) is 5.11 Å². The Hall–Kier alpha value is -2.63. The number of aryl methyl sites for hydroxylation is 1. The van der Waals surface area contributed by atoms with Crippen molar-refractivity contribution in [3.63, 3.8) is 0 Å². The van der Waals surface area contributed by atoms with Crippen LogP contribution in [-0.4, -0.2) is 44.3 Å². The minimum Gasteiger partial charge on any atom is -0.493 e. The Morgan fingerprint density at radius 3 is 2.35 bits per heavy atom. The largest absolute Gasteiger partial charge is 0.493 e. The lowest BCUT2D eigenvalue weighted by molar-refractivity contribution is -0.0367. The van der Waals surface area contributed by atoms with Crippen LogP contribution in [0.25, 0.3) is 22.2 Å². The second-order valence-electron chi connectivity index (χ2n) is 10.4. The van der Waals surface area contributed by atoms with E-state index in [-0.39, 0.29) is 12.1 Å². The number of rotatable bonds is 5. The molecule has 1 unspecified atom stereocenters. The molecular formula is C26H37N5O2Si. The van der Waals surface area contributed by atoms with Crippen LogP contribution in [0.1, 0.15) is 72.7 Å². The van der Waals surface area contributed by atoms with Gasteiger partial charge in [0.2, 0.25) is 5.88 Å². The Bertz CT molecular complexity index is 1200. The van der Waals surface area contributed by atoms with Gasteiger partial charge < -0.3 is 9.84 Å². The average molecular weight is 480 g/mol. The zero-order chi connectivity index (χ0) is 24.6. The van der Waals surface area contributed by atoms with Crippen molar-refractivity contribution in [1.29, 1.82) is 0 Å². The monoisotopic (exact) mass is 479 g/mol. The van der Waals surface area contributed by atoms with Gasteiger partial charge in [0.05, 0.1) is 29.2 Å². The first kappa shape index (κ1) is 24.5. The van der Waals surface area contributed by atoms with Gasteiger partial charge in [-0.3, -0.25) is 4.98 Å². The summed E-state index contributed by atoms with van der Waals surface area (Å²) in [5.41, 5.74) is 8.37. The zero-order valence-electron chi connectivity index (χ0n) is 21.5. The van der Waals surface area contributed by atoms with Crippen LogP contribution in [0.5, 0.6) is 5.88 Å². The highest BCUT2D eigenvalue weighted by Crippen LogP contribution is 2.41. The summed E-state index contributed by atoms with van der Waals surface area (Å²) < 4.78 is 9.46. The van der Waals surface area contributed by atoms with E-state index >= 15 is 0 Å². The van der Waals surface area contributed by atoms with E-state index in [4.69, 9.17) is 9.84 Å².